The normalized spacial score (nSPS) is 11.6. The van der Waals surface area contributed by atoms with E-state index in [1.165, 1.54) is 17.3 Å². The van der Waals surface area contributed by atoms with Crippen molar-refractivity contribution in [2.45, 2.75) is 40.0 Å². The number of unbranched alkanes of at least 4 members (excludes halogenated alkanes) is 1. The smallest absolute Gasteiger partial charge is 0.135 e. The molecule has 0 saturated heterocycles. The molecule has 0 heterocycles. The third-order valence-corrected chi connectivity index (χ3v) is 2.90. The minimum absolute atomic E-state index is 0.0915. The van der Waals surface area contributed by atoms with Crippen LogP contribution in [-0.2, 0) is 4.79 Å². The van der Waals surface area contributed by atoms with E-state index in [2.05, 4.69) is 22.6 Å². The molecule has 0 aromatic carbocycles. The molecule has 0 radical (unpaired) electrons. The molecule has 66 valence electrons. The summed E-state index contributed by atoms with van der Waals surface area (Å²) in [4.78, 5) is 11.1. The lowest BCUT2D eigenvalue weighted by molar-refractivity contribution is -0.125. The maximum atomic E-state index is 11.1. The van der Waals surface area contributed by atoms with Crippen LogP contribution in [0.25, 0.3) is 0 Å². The molecule has 0 unspecified atom stereocenters. The maximum absolute atomic E-state index is 11.1. The first-order valence-corrected chi connectivity index (χ1v) is 5.60. The second kappa shape index (κ2) is 5.12. The lowest BCUT2D eigenvalue weighted by Crippen LogP contribution is -2.20. The van der Waals surface area contributed by atoms with Gasteiger partial charge < -0.3 is 0 Å². The molecule has 2 heteroatoms. The lowest BCUT2D eigenvalue weighted by Gasteiger charge is -2.20. The van der Waals surface area contributed by atoms with Gasteiger partial charge >= 0.3 is 0 Å². The summed E-state index contributed by atoms with van der Waals surface area (Å²) in [5, 5.41) is 0. The van der Waals surface area contributed by atoms with E-state index in [1.54, 1.807) is 6.92 Å². The summed E-state index contributed by atoms with van der Waals surface area (Å²) >= 11 is 2.37. The van der Waals surface area contributed by atoms with Gasteiger partial charge in [0, 0.05) is 5.41 Å². The van der Waals surface area contributed by atoms with Crippen molar-refractivity contribution in [2.24, 2.45) is 5.41 Å². The minimum atomic E-state index is -0.0915. The molecule has 0 aliphatic heterocycles. The molecule has 1 nitrogen and oxygen atoms in total. The summed E-state index contributed by atoms with van der Waals surface area (Å²) in [6.07, 6.45) is 3.44. The van der Waals surface area contributed by atoms with Crippen molar-refractivity contribution < 1.29 is 4.79 Å². The van der Waals surface area contributed by atoms with Gasteiger partial charge in [-0.25, -0.2) is 0 Å². The van der Waals surface area contributed by atoms with E-state index in [1.807, 2.05) is 13.8 Å². The number of hydrogen-bond acceptors (Lipinski definition) is 1. The Bertz CT molecular complexity index is 130. The molecule has 0 amide bonds. The van der Waals surface area contributed by atoms with Crippen LogP contribution in [0.15, 0.2) is 0 Å². The molecule has 0 rings (SSSR count). The van der Waals surface area contributed by atoms with Gasteiger partial charge in [-0.3, -0.25) is 4.79 Å². The number of carbonyl (C=O) groups is 1. The quantitative estimate of drug-likeness (QED) is 0.425. The van der Waals surface area contributed by atoms with Crippen LogP contribution < -0.4 is 0 Å². The highest BCUT2D eigenvalue weighted by molar-refractivity contribution is 14.1. The third-order valence-electron chi connectivity index (χ3n) is 2.14. The molecule has 0 aliphatic rings. The molecule has 0 saturated carbocycles. The Balaban J connectivity index is 3.64. The van der Waals surface area contributed by atoms with Gasteiger partial charge in [0.2, 0.25) is 0 Å². The molecule has 0 aliphatic carbocycles. The van der Waals surface area contributed by atoms with Gasteiger partial charge in [-0.15, -0.1) is 0 Å². The predicted octanol–water partition coefficient (Wildman–Crippen LogP) is 3.21. The highest BCUT2D eigenvalue weighted by atomic mass is 127. The van der Waals surface area contributed by atoms with Gasteiger partial charge in [0.25, 0.3) is 0 Å². The zero-order chi connectivity index (χ0) is 8.91. The molecule has 0 fully saturated rings. The van der Waals surface area contributed by atoms with E-state index in [-0.39, 0.29) is 5.41 Å². The van der Waals surface area contributed by atoms with Gasteiger partial charge in [0.1, 0.15) is 5.78 Å². The maximum Gasteiger partial charge on any atom is 0.135 e. The number of hydrogen-bond donors (Lipinski definition) is 0. The topological polar surface area (TPSA) is 17.1 Å². The van der Waals surface area contributed by atoms with Crippen molar-refractivity contribution in [1.82, 2.24) is 0 Å². The Labute approximate surface area is 83.1 Å². The van der Waals surface area contributed by atoms with Gasteiger partial charge in [0.05, 0.1) is 0 Å². The zero-order valence-electron chi connectivity index (χ0n) is 7.61. The van der Waals surface area contributed by atoms with Crippen LogP contribution in [0.5, 0.6) is 0 Å². The lowest BCUT2D eigenvalue weighted by atomic mass is 9.84. The summed E-state index contributed by atoms with van der Waals surface area (Å²) in [6.45, 7) is 5.75. The van der Waals surface area contributed by atoms with Crippen LogP contribution in [-0.4, -0.2) is 10.2 Å². The molecule has 0 aromatic rings. The third kappa shape index (κ3) is 4.77. The van der Waals surface area contributed by atoms with Gasteiger partial charge in [-0.05, 0) is 24.2 Å². The van der Waals surface area contributed by atoms with Crippen molar-refractivity contribution >= 4 is 28.4 Å². The van der Waals surface area contributed by atoms with Crippen molar-refractivity contribution in [1.29, 1.82) is 0 Å². The summed E-state index contributed by atoms with van der Waals surface area (Å²) < 4.78 is 1.20. The highest BCUT2D eigenvalue weighted by Crippen LogP contribution is 2.24. The Morgan fingerprint density at radius 2 is 1.91 bits per heavy atom. The first-order valence-electron chi connectivity index (χ1n) is 4.07. The Hall–Kier alpha value is 0.400. The van der Waals surface area contributed by atoms with Crippen molar-refractivity contribution in [3.05, 3.63) is 0 Å². The van der Waals surface area contributed by atoms with Crippen molar-refractivity contribution in [3.8, 4) is 0 Å². The molecule has 0 atom stereocenters. The Morgan fingerprint density at radius 1 is 1.36 bits per heavy atom. The first-order chi connectivity index (χ1) is 5.00. The average Bonchev–Trinajstić information content (AvgIpc) is 1.88. The Morgan fingerprint density at radius 3 is 2.27 bits per heavy atom. The molecule has 11 heavy (non-hydrogen) atoms. The van der Waals surface area contributed by atoms with Gasteiger partial charge in [0.15, 0.2) is 0 Å². The van der Waals surface area contributed by atoms with Crippen LogP contribution in [0, 0.1) is 5.41 Å². The number of ketones is 1. The number of rotatable bonds is 5. The number of halogens is 1. The summed E-state index contributed by atoms with van der Waals surface area (Å²) in [7, 11) is 0. The standard InChI is InChI=1S/C9H17IO/c1-8(11)9(2,3)6-4-5-7-10/h4-7H2,1-3H3. The Kier molecular flexibility index (Phi) is 5.30. The van der Waals surface area contributed by atoms with Crippen molar-refractivity contribution in [2.75, 3.05) is 4.43 Å². The fourth-order valence-corrected chi connectivity index (χ4v) is 1.38. The SMILES string of the molecule is CC(=O)C(C)(C)CCCCI. The van der Waals surface area contributed by atoms with Crippen LogP contribution in [0.2, 0.25) is 0 Å². The minimum Gasteiger partial charge on any atom is -0.299 e. The molecule has 0 bridgehead atoms. The van der Waals surface area contributed by atoms with Crippen LogP contribution in [0.1, 0.15) is 40.0 Å². The monoisotopic (exact) mass is 268 g/mol. The summed E-state index contributed by atoms with van der Waals surface area (Å²) in [5.41, 5.74) is -0.0915. The number of Topliss-reactive ketones (excluding diaryl/α,β-unsaturated/α-hetero) is 1. The summed E-state index contributed by atoms with van der Waals surface area (Å²) in [6, 6.07) is 0. The predicted molar refractivity (Wildman–Crippen MR) is 57.2 cm³/mol. The first kappa shape index (κ1) is 11.4. The van der Waals surface area contributed by atoms with E-state index in [9.17, 15) is 4.79 Å². The summed E-state index contributed by atoms with van der Waals surface area (Å²) in [5.74, 6) is 0.311. The second-order valence-corrected chi connectivity index (χ2v) is 4.66. The van der Waals surface area contributed by atoms with E-state index in [0.29, 0.717) is 5.78 Å². The van der Waals surface area contributed by atoms with Gasteiger partial charge in [-0.1, -0.05) is 42.9 Å². The van der Waals surface area contributed by atoms with Crippen LogP contribution in [0.3, 0.4) is 0 Å². The molecule has 0 spiro atoms. The molecule has 0 N–H and O–H groups in total. The molecular weight excluding hydrogens is 251 g/mol. The number of alkyl halides is 1. The van der Waals surface area contributed by atoms with E-state index >= 15 is 0 Å². The van der Waals surface area contributed by atoms with Crippen molar-refractivity contribution in [3.63, 3.8) is 0 Å². The number of carbonyl (C=O) groups excluding carboxylic acids is 1. The zero-order valence-corrected chi connectivity index (χ0v) is 9.77. The largest absolute Gasteiger partial charge is 0.299 e. The van der Waals surface area contributed by atoms with E-state index in [4.69, 9.17) is 0 Å². The van der Waals surface area contributed by atoms with Gasteiger partial charge in [-0.2, -0.15) is 0 Å². The van der Waals surface area contributed by atoms with E-state index < -0.39 is 0 Å². The van der Waals surface area contributed by atoms with E-state index in [0.717, 1.165) is 6.42 Å². The second-order valence-electron chi connectivity index (χ2n) is 3.59. The average molecular weight is 268 g/mol. The fourth-order valence-electron chi connectivity index (χ4n) is 0.837. The fraction of sp³-hybridized carbons (Fsp3) is 0.889. The van der Waals surface area contributed by atoms with Crippen LogP contribution >= 0.6 is 22.6 Å². The molecule has 0 aromatic heterocycles. The molecular formula is C9H17IO. The highest BCUT2D eigenvalue weighted by Gasteiger charge is 2.22. The van der Waals surface area contributed by atoms with Crippen LogP contribution in [0.4, 0.5) is 0 Å².